The molecule has 7 rings (SSSR count). The maximum Gasteiger partial charge on any atom is 0.287 e. The van der Waals surface area contributed by atoms with Gasteiger partial charge >= 0.3 is 0 Å². The van der Waals surface area contributed by atoms with Crippen LogP contribution in [-0.4, -0.2) is 58.7 Å². The third kappa shape index (κ3) is 2.55. The molecule has 34 heavy (non-hydrogen) atoms. The lowest BCUT2D eigenvalue weighted by molar-refractivity contribution is -0.191. The van der Waals surface area contributed by atoms with E-state index in [9.17, 15) is 14.7 Å². The van der Waals surface area contributed by atoms with Gasteiger partial charge in [-0.3, -0.25) is 14.5 Å². The smallest absolute Gasteiger partial charge is 0.287 e. The van der Waals surface area contributed by atoms with E-state index in [4.69, 9.17) is 14.9 Å². The van der Waals surface area contributed by atoms with E-state index in [1.807, 2.05) is 6.07 Å². The van der Waals surface area contributed by atoms with Crippen LogP contribution in [0.2, 0.25) is 0 Å². The van der Waals surface area contributed by atoms with E-state index in [0.29, 0.717) is 30.6 Å². The minimum atomic E-state index is -0.995. The average molecular weight is 464 g/mol. The largest absolute Gasteiger partial charge is 0.486 e. The average Bonchev–Trinajstić information content (AvgIpc) is 3.30. The van der Waals surface area contributed by atoms with Gasteiger partial charge in [-0.1, -0.05) is 6.07 Å². The minimum Gasteiger partial charge on any atom is -0.486 e. The van der Waals surface area contributed by atoms with Gasteiger partial charge in [0.05, 0.1) is 28.9 Å². The fourth-order valence-corrected chi connectivity index (χ4v) is 7.48. The van der Waals surface area contributed by atoms with Crippen LogP contribution in [0.1, 0.15) is 64.1 Å². The topological polar surface area (TPSA) is 118 Å². The van der Waals surface area contributed by atoms with E-state index in [2.05, 4.69) is 10.2 Å². The van der Waals surface area contributed by atoms with Gasteiger partial charge in [0, 0.05) is 18.2 Å². The number of hydrogen-bond acceptors (Lipinski definition) is 6. The first-order chi connectivity index (χ1) is 16.4. The van der Waals surface area contributed by atoms with Crippen LogP contribution in [0.4, 0.5) is 0 Å². The summed E-state index contributed by atoms with van der Waals surface area (Å²) in [6, 6.07) is 6.73. The lowest BCUT2D eigenvalue weighted by Gasteiger charge is -2.64. The number of nitrogens with two attached hydrogens (primary N) is 1. The molecule has 1 aromatic heterocycles. The molecule has 8 nitrogen and oxygen atoms in total. The van der Waals surface area contributed by atoms with Crippen molar-refractivity contribution in [3.63, 3.8) is 0 Å². The molecule has 3 heterocycles. The van der Waals surface area contributed by atoms with Crippen LogP contribution in [0.25, 0.3) is 0 Å². The number of primary amides is 1. The fourth-order valence-electron chi connectivity index (χ4n) is 7.48. The minimum absolute atomic E-state index is 0.00690. The van der Waals surface area contributed by atoms with E-state index < -0.39 is 23.0 Å². The predicted molar refractivity (Wildman–Crippen MR) is 122 cm³/mol. The van der Waals surface area contributed by atoms with Crippen LogP contribution in [0.15, 0.2) is 34.9 Å². The van der Waals surface area contributed by atoms with Crippen molar-refractivity contribution in [3.8, 4) is 5.75 Å². The Hall–Kier alpha value is -2.84. The number of piperidine rings is 1. The highest BCUT2D eigenvalue weighted by molar-refractivity contribution is 5.97. The molecule has 5 atom stereocenters. The second-order valence-electron chi connectivity index (χ2n) is 10.8. The molecule has 5 aliphatic rings. The van der Waals surface area contributed by atoms with Gasteiger partial charge in [-0.05, 0) is 74.8 Å². The zero-order valence-electron chi connectivity index (χ0n) is 19.0. The van der Waals surface area contributed by atoms with Crippen molar-refractivity contribution in [3.05, 3.63) is 53.0 Å². The van der Waals surface area contributed by atoms with Crippen LogP contribution in [-0.2, 0) is 11.8 Å². The molecule has 8 heteroatoms. The molecular weight excluding hydrogens is 434 g/mol. The molecule has 2 amide bonds. The van der Waals surface area contributed by atoms with Gasteiger partial charge in [-0.15, -0.1) is 0 Å². The fraction of sp³-hybridized carbons (Fsp3) is 0.538. The molecule has 0 unspecified atom stereocenters. The first kappa shape index (κ1) is 20.5. The number of carbonyl (C=O) groups excluding carboxylic acids is 2. The van der Waals surface area contributed by atoms with Crippen molar-refractivity contribution in [2.75, 3.05) is 13.1 Å². The highest BCUT2D eigenvalue weighted by Gasteiger charge is 2.73. The van der Waals surface area contributed by atoms with E-state index >= 15 is 0 Å². The molecule has 0 radical (unpaired) electrons. The van der Waals surface area contributed by atoms with Gasteiger partial charge in [0.15, 0.2) is 5.76 Å². The van der Waals surface area contributed by atoms with Crippen molar-refractivity contribution >= 4 is 11.8 Å². The number of nitrogens with one attached hydrogen (secondary N) is 1. The monoisotopic (exact) mass is 463 g/mol. The number of carbonyl (C=O) groups is 2. The van der Waals surface area contributed by atoms with Crippen molar-refractivity contribution < 1.29 is 23.8 Å². The lowest BCUT2D eigenvalue weighted by Crippen LogP contribution is -2.78. The number of nitrogens with zero attached hydrogens (tertiary/aromatic N) is 1. The Labute approximate surface area is 197 Å². The first-order valence-electron chi connectivity index (χ1n) is 12.4. The maximum atomic E-state index is 12.9. The Morgan fingerprint density at radius 1 is 1.21 bits per heavy atom. The summed E-state index contributed by atoms with van der Waals surface area (Å²) >= 11 is 0. The van der Waals surface area contributed by atoms with E-state index in [0.717, 1.165) is 36.6 Å². The van der Waals surface area contributed by atoms with Crippen LogP contribution < -0.4 is 15.8 Å². The Kier molecular flexibility index (Phi) is 4.14. The van der Waals surface area contributed by atoms with Crippen LogP contribution in [0.5, 0.6) is 5.75 Å². The number of aliphatic hydroxyl groups is 1. The lowest BCUT2D eigenvalue weighted by atomic mass is 9.48. The molecule has 2 aromatic rings. The molecular formula is C26H29N3O5. The summed E-state index contributed by atoms with van der Waals surface area (Å²) in [7, 11) is 0. The Morgan fingerprint density at radius 2 is 2.06 bits per heavy atom. The van der Waals surface area contributed by atoms with E-state index in [-0.39, 0.29) is 23.8 Å². The molecule has 4 N–H and O–H groups in total. The summed E-state index contributed by atoms with van der Waals surface area (Å²) in [5, 5.41) is 15.6. The van der Waals surface area contributed by atoms with Gasteiger partial charge in [0.1, 0.15) is 11.9 Å². The second-order valence-corrected chi connectivity index (χ2v) is 10.8. The quantitative estimate of drug-likeness (QED) is 0.622. The number of hydrogen-bond donors (Lipinski definition) is 3. The van der Waals surface area contributed by atoms with Crippen molar-refractivity contribution in [1.29, 1.82) is 0 Å². The zero-order chi connectivity index (χ0) is 23.2. The highest BCUT2D eigenvalue weighted by Crippen LogP contribution is 2.64. The normalized spacial score (nSPS) is 35.4. The Balaban J connectivity index is 1.35. The van der Waals surface area contributed by atoms with Gasteiger partial charge in [0.25, 0.3) is 11.8 Å². The summed E-state index contributed by atoms with van der Waals surface area (Å²) < 4.78 is 11.9. The number of furan rings is 1. The second kappa shape index (κ2) is 6.86. The maximum absolute atomic E-state index is 12.9. The molecule has 1 aromatic carbocycles. The number of likely N-dealkylation sites (tertiary alicyclic amines) is 1. The summed E-state index contributed by atoms with van der Waals surface area (Å²) in [6.45, 7) is 1.89. The summed E-state index contributed by atoms with van der Waals surface area (Å²) in [6.07, 6.45) is 6.11. The van der Waals surface area contributed by atoms with Gasteiger partial charge in [-0.2, -0.15) is 0 Å². The van der Waals surface area contributed by atoms with Crippen molar-refractivity contribution in [2.45, 2.75) is 67.7 Å². The van der Waals surface area contributed by atoms with Gasteiger partial charge in [-0.25, -0.2) is 0 Å². The van der Waals surface area contributed by atoms with E-state index in [1.165, 1.54) is 19.1 Å². The van der Waals surface area contributed by atoms with Gasteiger partial charge < -0.3 is 25.3 Å². The molecule has 178 valence electrons. The predicted octanol–water partition coefficient (Wildman–Crippen LogP) is 1.74. The standard InChI is InChI=1S/C26H29N3O5/c27-23(30)16-6-5-15-12-19-26(32)8-7-17(28-24(31)18-2-1-11-33-18)22-25(26,20(15)21(16)34-22)9-10-29(19)13-14-3-4-14/h1-2,5-6,11,14,17,19,22,32H,3-4,7-10,12-13H2,(H2,27,30)(H,28,31)/t17-,19-,22+,25+,26-/m1/s1. The van der Waals surface area contributed by atoms with E-state index in [1.54, 1.807) is 18.2 Å². The molecule has 3 fully saturated rings. The Bertz CT molecular complexity index is 1190. The number of benzene rings is 1. The van der Waals surface area contributed by atoms with Crippen LogP contribution >= 0.6 is 0 Å². The van der Waals surface area contributed by atoms with Crippen LogP contribution in [0.3, 0.4) is 0 Å². The molecule has 2 aliphatic heterocycles. The molecule has 3 aliphatic carbocycles. The molecule has 1 spiro atoms. The third-order valence-corrected chi connectivity index (χ3v) is 9.11. The number of rotatable bonds is 5. The summed E-state index contributed by atoms with van der Waals surface area (Å²) in [4.78, 5) is 27.7. The SMILES string of the molecule is NC(=O)c1ccc2c3c1O[C@H]1[C@H](NC(=O)c4ccco4)CC[C@@]4(O)[C@@H](C2)N(CC2CC2)CC[C@]314. The third-order valence-electron chi connectivity index (χ3n) is 9.11. The van der Waals surface area contributed by atoms with Crippen molar-refractivity contribution in [1.82, 2.24) is 10.2 Å². The summed E-state index contributed by atoms with van der Waals surface area (Å²) in [5.41, 5.74) is 6.45. The Morgan fingerprint density at radius 3 is 2.79 bits per heavy atom. The highest BCUT2D eigenvalue weighted by atomic mass is 16.5. The molecule has 2 bridgehead atoms. The zero-order valence-corrected chi connectivity index (χ0v) is 19.0. The number of amides is 2. The molecule has 2 saturated carbocycles. The van der Waals surface area contributed by atoms with Crippen molar-refractivity contribution in [2.24, 2.45) is 11.7 Å². The summed E-state index contributed by atoms with van der Waals surface area (Å²) in [5.74, 6) is 0.632. The van der Waals surface area contributed by atoms with Gasteiger partial charge in [0.2, 0.25) is 0 Å². The van der Waals surface area contributed by atoms with Crippen LogP contribution in [0, 0.1) is 5.92 Å². The number of ether oxygens (including phenoxy) is 1. The first-order valence-corrected chi connectivity index (χ1v) is 12.4. The molecule has 1 saturated heterocycles.